The maximum absolute atomic E-state index is 11.3. The van der Waals surface area contributed by atoms with Crippen molar-refractivity contribution in [2.24, 2.45) is 0 Å². The highest BCUT2D eigenvalue weighted by molar-refractivity contribution is 6.42. The molecule has 0 aliphatic carbocycles. The van der Waals surface area contributed by atoms with Crippen LogP contribution in [0.5, 0.6) is 0 Å². The van der Waals surface area contributed by atoms with Crippen LogP contribution in [0.2, 0.25) is 10.0 Å². The quantitative estimate of drug-likeness (QED) is 0.839. The highest BCUT2D eigenvalue weighted by Crippen LogP contribution is 2.26. The smallest absolute Gasteiger partial charge is 0.308 e. The SMILES string of the molecule is CCCOC(=O)CC(O)c1ccc(Cl)c(Cl)c1. The number of hydrogen-bond donors (Lipinski definition) is 1. The van der Waals surface area contributed by atoms with E-state index >= 15 is 0 Å². The van der Waals surface area contributed by atoms with Crippen molar-refractivity contribution < 1.29 is 14.6 Å². The Morgan fingerprint density at radius 2 is 2.12 bits per heavy atom. The van der Waals surface area contributed by atoms with E-state index in [9.17, 15) is 9.90 Å². The summed E-state index contributed by atoms with van der Waals surface area (Å²) in [4.78, 5) is 11.3. The second-order valence-corrected chi connectivity index (χ2v) is 4.43. The number of carbonyl (C=O) groups excluding carboxylic acids is 1. The van der Waals surface area contributed by atoms with Gasteiger partial charge in [0.05, 0.1) is 29.2 Å². The third kappa shape index (κ3) is 4.54. The molecule has 1 rings (SSSR count). The third-order valence-corrected chi connectivity index (χ3v) is 2.89. The molecule has 0 aliphatic rings. The Morgan fingerprint density at radius 1 is 1.41 bits per heavy atom. The molecule has 1 aromatic carbocycles. The molecule has 0 aromatic heterocycles. The van der Waals surface area contributed by atoms with E-state index in [0.717, 1.165) is 6.42 Å². The molecule has 0 spiro atoms. The summed E-state index contributed by atoms with van der Waals surface area (Å²) in [7, 11) is 0. The molecule has 0 fully saturated rings. The third-order valence-electron chi connectivity index (χ3n) is 2.16. The zero-order valence-electron chi connectivity index (χ0n) is 9.45. The van der Waals surface area contributed by atoms with Crippen LogP contribution in [0.3, 0.4) is 0 Å². The molecule has 1 unspecified atom stereocenters. The summed E-state index contributed by atoms with van der Waals surface area (Å²) >= 11 is 11.6. The van der Waals surface area contributed by atoms with Gasteiger partial charge >= 0.3 is 5.97 Å². The van der Waals surface area contributed by atoms with Gasteiger partial charge in [0.1, 0.15) is 0 Å². The molecule has 94 valence electrons. The van der Waals surface area contributed by atoms with Gasteiger partial charge in [-0.3, -0.25) is 4.79 Å². The molecule has 1 N–H and O–H groups in total. The van der Waals surface area contributed by atoms with Gasteiger partial charge < -0.3 is 9.84 Å². The standard InChI is InChI=1S/C12H14Cl2O3/c1-2-5-17-12(16)7-11(15)8-3-4-9(13)10(14)6-8/h3-4,6,11,15H,2,5,7H2,1H3. The minimum atomic E-state index is -0.922. The number of ether oxygens (including phenoxy) is 1. The zero-order chi connectivity index (χ0) is 12.8. The van der Waals surface area contributed by atoms with Gasteiger partial charge in [-0.05, 0) is 24.1 Å². The molecule has 0 amide bonds. The van der Waals surface area contributed by atoms with Crippen molar-refractivity contribution in [2.75, 3.05) is 6.61 Å². The van der Waals surface area contributed by atoms with Crippen molar-refractivity contribution in [3.05, 3.63) is 33.8 Å². The first-order valence-electron chi connectivity index (χ1n) is 5.33. The van der Waals surface area contributed by atoms with Crippen LogP contribution in [0.15, 0.2) is 18.2 Å². The predicted octanol–water partition coefficient (Wildman–Crippen LogP) is 3.37. The van der Waals surface area contributed by atoms with E-state index in [2.05, 4.69) is 0 Å². The van der Waals surface area contributed by atoms with E-state index in [0.29, 0.717) is 22.2 Å². The molecule has 0 bridgehead atoms. The van der Waals surface area contributed by atoms with Crippen molar-refractivity contribution >= 4 is 29.2 Å². The molecule has 1 aromatic rings. The number of aliphatic hydroxyl groups is 1. The van der Waals surface area contributed by atoms with Crippen molar-refractivity contribution in [1.82, 2.24) is 0 Å². The second-order valence-electron chi connectivity index (χ2n) is 3.61. The Labute approximate surface area is 110 Å². The normalized spacial score (nSPS) is 12.2. The number of aliphatic hydroxyl groups excluding tert-OH is 1. The number of esters is 1. The molecule has 17 heavy (non-hydrogen) atoms. The first kappa shape index (κ1) is 14.3. The lowest BCUT2D eigenvalue weighted by molar-refractivity contribution is -0.146. The highest BCUT2D eigenvalue weighted by atomic mass is 35.5. The zero-order valence-corrected chi connectivity index (χ0v) is 11.0. The fourth-order valence-corrected chi connectivity index (χ4v) is 1.58. The van der Waals surface area contributed by atoms with Gasteiger partial charge in [0.15, 0.2) is 0 Å². The van der Waals surface area contributed by atoms with Crippen molar-refractivity contribution in [3.8, 4) is 0 Å². The van der Waals surface area contributed by atoms with Gasteiger partial charge in [0.2, 0.25) is 0 Å². The monoisotopic (exact) mass is 276 g/mol. The minimum Gasteiger partial charge on any atom is -0.466 e. The van der Waals surface area contributed by atoms with Gasteiger partial charge in [-0.1, -0.05) is 36.2 Å². The van der Waals surface area contributed by atoms with Crippen molar-refractivity contribution in [2.45, 2.75) is 25.9 Å². The van der Waals surface area contributed by atoms with E-state index < -0.39 is 12.1 Å². The first-order chi connectivity index (χ1) is 8.04. The largest absolute Gasteiger partial charge is 0.466 e. The molecular formula is C12H14Cl2O3. The number of halogens is 2. The highest BCUT2D eigenvalue weighted by Gasteiger charge is 2.14. The number of rotatable bonds is 5. The molecule has 0 heterocycles. The fourth-order valence-electron chi connectivity index (χ4n) is 1.27. The van der Waals surface area contributed by atoms with Gasteiger partial charge in [-0.25, -0.2) is 0 Å². The Hall–Kier alpha value is -0.770. The summed E-state index contributed by atoms with van der Waals surface area (Å²) in [5.41, 5.74) is 0.549. The molecule has 0 saturated carbocycles. The molecule has 5 heteroatoms. The minimum absolute atomic E-state index is 0.0854. The fraction of sp³-hybridized carbons (Fsp3) is 0.417. The summed E-state index contributed by atoms with van der Waals surface area (Å²) in [5.74, 6) is -0.426. The summed E-state index contributed by atoms with van der Waals surface area (Å²) in [6.45, 7) is 2.27. The maximum Gasteiger partial charge on any atom is 0.308 e. The Balaban J connectivity index is 2.60. The van der Waals surface area contributed by atoms with Gasteiger partial charge in [0, 0.05) is 0 Å². The Bertz CT molecular complexity index is 393. The molecule has 1 atom stereocenters. The van der Waals surface area contributed by atoms with Crippen LogP contribution >= 0.6 is 23.2 Å². The molecule has 3 nitrogen and oxygen atoms in total. The Kier molecular flexibility index (Phi) is 5.75. The first-order valence-corrected chi connectivity index (χ1v) is 6.08. The second kappa shape index (κ2) is 6.84. The topological polar surface area (TPSA) is 46.5 Å². The van der Waals surface area contributed by atoms with E-state index in [4.69, 9.17) is 27.9 Å². The molecule has 0 aliphatic heterocycles. The predicted molar refractivity (Wildman–Crippen MR) is 67.3 cm³/mol. The molecular weight excluding hydrogens is 263 g/mol. The molecule has 0 radical (unpaired) electrons. The Morgan fingerprint density at radius 3 is 2.71 bits per heavy atom. The van der Waals surface area contributed by atoms with Crippen LogP contribution in [0.25, 0.3) is 0 Å². The number of hydrogen-bond acceptors (Lipinski definition) is 3. The summed E-state index contributed by atoms with van der Waals surface area (Å²) in [5, 5.41) is 10.6. The molecule has 0 saturated heterocycles. The summed E-state index contributed by atoms with van der Waals surface area (Å²) in [6, 6.07) is 4.76. The van der Waals surface area contributed by atoms with E-state index in [1.165, 1.54) is 0 Å². The lowest BCUT2D eigenvalue weighted by Gasteiger charge is -2.11. The van der Waals surface area contributed by atoms with E-state index in [1.54, 1.807) is 18.2 Å². The van der Waals surface area contributed by atoms with Gasteiger partial charge in [0.25, 0.3) is 0 Å². The van der Waals surface area contributed by atoms with Gasteiger partial charge in [-0.15, -0.1) is 0 Å². The number of benzene rings is 1. The lowest BCUT2D eigenvalue weighted by Crippen LogP contribution is -2.10. The number of carbonyl (C=O) groups is 1. The van der Waals surface area contributed by atoms with Crippen LogP contribution in [0, 0.1) is 0 Å². The summed E-state index contributed by atoms with van der Waals surface area (Å²) in [6.07, 6.45) is -0.249. The van der Waals surface area contributed by atoms with Gasteiger partial charge in [-0.2, -0.15) is 0 Å². The average Bonchev–Trinajstić information content (AvgIpc) is 2.30. The van der Waals surface area contributed by atoms with Crippen molar-refractivity contribution in [3.63, 3.8) is 0 Å². The van der Waals surface area contributed by atoms with Crippen molar-refractivity contribution in [1.29, 1.82) is 0 Å². The van der Waals surface area contributed by atoms with E-state index in [-0.39, 0.29) is 6.42 Å². The van der Waals surface area contributed by atoms with Crippen LogP contribution in [-0.4, -0.2) is 17.7 Å². The van der Waals surface area contributed by atoms with E-state index in [1.807, 2.05) is 6.92 Å². The van der Waals surface area contributed by atoms with Crippen LogP contribution in [-0.2, 0) is 9.53 Å². The lowest BCUT2D eigenvalue weighted by atomic mass is 10.1. The maximum atomic E-state index is 11.3. The van der Waals surface area contributed by atoms with Crippen LogP contribution < -0.4 is 0 Å². The van der Waals surface area contributed by atoms with Crippen LogP contribution in [0.1, 0.15) is 31.4 Å². The average molecular weight is 277 g/mol. The van der Waals surface area contributed by atoms with Crippen LogP contribution in [0.4, 0.5) is 0 Å². The summed E-state index contributed by atoms with van der Waals surface area (Å²) < 4.78 is 4.88.